The average molecular weight is 501 g/mol. The lowest BCUT2D eigenvalue weighted by molar-refractivity contribution is 0.283. The number of guanidine groups is 1. The molecule has 0 bridgehead atoms. The Bertz CT molecular complexity index is 1060. The topological polar surface area (TPSA) is 97.0 Å². The van der Waals surface area contributed by atoms with E-state index in [9.17, 15) is 0 Å². The summed E-state index contributed by atoms with van der Waals surface area (Å²) in [6.07, 6.45) is 17.4. The Kier molecular flexibility index (Phi) is 10.5. The second kappa shape index (κ2) is 13.5. The molecular weight excluding hydrogens is 460 g/mol. The molecule has 3 heterocycles. The number of nitrogens with two attached hydrogens (primary N) is 1. The molecule has 0 radical (unpaired) electrons. The highest BCUT2D eigenvalue weighted by Gasteiger charge is 2.32. The molecule has 1 atom stereocenters. The van der Waals surface area contributed by atoms with Gasteiger partial charge in [-0.1, -0.05) is 88.1 Å². The smallest absolute Gasteiger partial charge is 0.249 e. The lowest BCUT2D eigenvalue weighted by Gasteiger charge is -2.21. The summed E-state index contributed by atoms with van der Waals surface area (Å²) in [6, 6.07) is 8.36. The van der Waals surface area contributed by atoms with Crippen molar-refractivity contribution in [3.05, 3.63) is 36.4 Å². The first kappa shape index (κ1) is 27.1. The Morgan fingerprint density at radius 1 is 1.06 bits per heavy atom. The first-order chi connectivity index (χ1) is 16.7. The normalized spacial score (nSPS) is 15.6. The molecule has 192 valence electrons. The molecule has 1 aliphatic heterocycles. The van der Waals surface area contributed by atoms with Gasteiger partial charge in [0.05, 0.1) is 0 Å². The summed E-state index contributed by atoms with van der Waals surface area (Å²) < 4.78 is 7.98. The second-order valence-electron chi connectivity index (χ2n) is 9.63. The first-order valence-electron chi connectivity index (χ1n) is 13.2. The van der Waals surface area contributed by atoms with Crippen LogP contribution in [0.1, 0.15) is 95.9 Å². The average Bonchev–Trinajstić information content (AvgIpc) is 3.58. The Hall–Kier alpha value is -2.54. The van der Waals surface area contributed by atoms with Crippen molar-refractivity contribution in [2.24, 2.45) is 5.73 Å². The number of aryl methyl sites for hydroxylation is 1. The van der Waals surface area contributed by atoms with Crippen molar-refractivity contribution in [1.29, 1.82) is 5.41 Å². The fourth-order valence-corrected chi connectivity index (χ4v) is 5.17. The van der Waals surface area contributed by atoms with Crippen molar-refractivity contribution in [3.63, 3.8) is 0 Å². The van der Waals surface area contributed by atoms with Crippen LogP contribution in [0.2, 0.25) is 0 Å². The molecule has 1 aliphatic rings. The quantitative estimate of drug-likeness (QED) is 0.149. The summed E-state index contributed by atoms with van der Waals surface area (Å²) in [5.41, 5.74) is 7.96. The highest BCUT2D eigenvalue weighted by atomic mass is 35.5. The Balaban J connectivity index is 0.00000342. The summed E-state index contributed by atoms with van der Waals surface area (Å²) >= 11 is 0. The van der Waals surface area contributed by atoms with Gasteiger partial charge in [0.2, 0.25) is 11.7 Å². The van der Waals surface area contributed by atoms with Crippen LogP contribution >= 0.6 is 12.4 Å². The summed E-state index contributed by atoms with van der Waals surface area (Å²) in [4.78, 5) is 6.57. The molecule has 1 saturated heterocycles. The summed E-state index contributed by atoms with van der Waals surface area (Å²) in [6.45, 7) is 4.04. The molecule has 0 amide bonds. The van der Waals surface area contributed by atoms with E-state index in [4.69, 9.17) is 20.7 Å². The van der Waals surface area contributed by atoms with Gasteiger partial charge in [0.1, 0.15) is 6.04 Å². The van der Waals surface area contributed by atoms with Crippen LogP contribution in [0, 0.1) is 5.41 Å². The largest absolute Gasteiger partial charge is 0.370 e. The summed E-state index contributed by atoms with van der Waals surface area (Å²) in [5.74, 6) is 1.23. The zero-order valence-corrected chi connectivity index (χ0v) is 21.9. The number of unbranched alkanes of at least 4 members (excludes halogenated alkanes) is 9. The Morgan fingerprint density at radius 2 is 1.74 bits per heavy atom. The number of hydrogen-bond donors (Lipinski definition) is 2. The Labute approximate surface area is 215 Å². The molecule has 7 nitrogen and oxygen atoms in total. The molecule has 3 aromatic rings. The molecule has 2 aromatic heterocycles. The number of nitrogens with zero attached hydrogens (tertiary/aromatic N) is 4. The predicted octanol–water partition coefficient (Wildman–Crippen LogP) is 7.06. The highest BCUT2D eigenvalue weighted by molar-refractivity contribution is 5.94. The van der Waals surface area contributed by atoms with Crippen molar-refractivity contribution < 1.29 is 4.52 Å². The number of halogens is 1. The molecule has 0 aliphatic carbocycles. The van der Waals surface area contributed by atoms with Gasteiger partial charge in [-0.25, -0.2) is 0 Å². The van der Waals surface area contributed by atoms with E-state index < -0.39 is 0 Å². The zero-order chi connectivity index (χ0) is 23.8. The number of para-hydroxylation sites is 1. The van der Waals surface area contributed by atoms with Crippen LogP contribution in [0.3, 0.4) is 0 Å². The van der Waals surface area contributed by atoms with Crippen molar-refractivity contribution in [2.75, 3.05) is 6.54 Å². The van der Waals surface area contributed by atoms with E-state index >= 15 is 0 Å². The molecule has 35 heavy (non-hydrogen) atoms. The van der Waals surface area contributed by atoms with Gasteiger partial charge in [0.15, 0.2) is 5.96 Å². The maximum atomic E-state index is 7.82. The highest BCUT2D eigenvalue weighted by Crippen LogP contribution is 2.34. The maximum Gasteiger partial charge on any atom is 0.249 e. The third-order valence-corrected chi connectivity index (χ3v) is 7.07. The number of rotatable bonds is 13. The lowest BCUT2D eigenvalue weighted by atomic mass is 10.1. The third kappa shape index (κ3) is 6.78. The van der Waals surface area contributed by atoms with Crippen LogP contribution < -0.4 is 5.73 Å². The maximum absolute atomic E-state index is 7.82. The number of benzene rings is 1. The molecule has 1 fully saturated rings. The van der Waals surface area contributed by atoms with E-state index in [1.165, 1.54) is 69.7 Å². The molecule has 4 rings (SSSR count). The van der Waals surface area contributed by atoms with Crippen LogP contribution in [0.4, 0.5) is 0 Å². The zero-order valence-electron chi connectivity index (χ0n) is 21.0. The van der Waals surface area contributed by atoms with Gasteiger partial charge in [-0.05, 0) is 25.3 Å². The standard InChI is InChI=1S/C27H40N6O.ClH/c1-2-3-4-5-6-7-8-9-10-13-18-32-20-22(21-15-11-12-16-23(21)32)25-30-26(34-31-25)24-17-14-19-33(24)27(28)29;/h11-12,15-16,20,24H,2-10,13-14,17-19H2,1H3,(H3,28,29);1H. The van der Waals surface area contributed by atoms with E-state index in [1.54, 1.807) is 0 Å². The lowest BCUT2D eigenvalue weighted by Crippen LogP contribution is -2.35. The monoisotopic (exact) mass is 500 g/mol. The molecule has 0 spiro atoms. The Morgan fingerprint density at radius 3 is 2.46 bits per heavy atom. The molecule has 0 saturated carbocycles. The first-order valence-corrected chi connectivity index (χ1v) is 13.2. The fourth-order valence-electron chi connectivity index (χ4n) is 5.17. The number of fused-ring (bicyclic) bond motifs is 1. The third-order valence-electron chi connectivity index (χ3n) is 7.07. The van der Waals surface area contributed by atoms with Gasteiger partial charge in [-0.15, -0.1) is 12.4 Å². The van der Waals surface area contributed by atoms with E-state index in [-0.39, 0.29) is 24.4 Å². The minimum Gasteiger partial charge on any atom is -0.370 e. The SMILES string of the molecule is CCCCCCCCCCCCn1cc(-c2noc(C3CCCN3C(=N)N)n2)c2ccccc21.Cl. The number of nitrogens with one attached hydrogen (secondary N) is 1. The van der Waals surface area contributed by atoms with Gasteiger partial charge >= 0.3 is 0 Å². The van der Waals surface area contributed by atoms with Crippen LogP contribution in [-0.2, 0) is 6.54 Å². The number of aromatic nitrogens is 3. The molecule has 1 unspecified atom stereocenters. The van der Waals surface area contributed by atoms with Gasteiger partial charge in [-0.2, -0.15) is 4.98 Å². The van der Waals surface area contributed by atoms with E-state index in [0.29, 0.717) is 11.7 Å². The predicted molar refractivity (Wildman–Crippen MR) is 145 cm³/mol. The van der Waals surface area contributed by atoms with Crippen molar-refractivity contribution in [2.45, 2.75) is 96.6 Å². The van der Waals surface area contributed by atoms with Crippen LogP contribution in [0.25, 0.3) is 22.3 Å². The second-order valence-corrected chi connectivity index (χ2v) is 9.63. The van der Waals surface area contributed by atoms with Crippen molar-refractivity contribution >= 4 is 29.3 Å². The van der Waals surface area contributed by atoms with Crippen molar-refractivity contribution in [3.8, 4) is 11.4 Å². The summed E-state index contributed by atoms with van der Waals surface area (Å²) in [7, 11) is 0. The molecule has 1 aromatic carbocycles. The number of hydrogen-bond acceptors (Lipinski definition) is 4. The van der Waals surface area contributed by atoms with Gasteiger partial charge < -0.3 is 19.7 Å². The fraction of sp³-hybridized carbons (Fsp3) is 0.593. The van der Waals surface area contributed by atoms with Gasteiger partial charge in [-0.3, -0.25) is 5.41 Å². The molecule has 8 heteroatoms. The van der Waals surface area contributed by atoms with Gasteiger partial charge in [0, 0.05) is 35.8 Å². The van der Waals surface area contributed by atoms with Crippen molar-refractivity contribution in [1.82, 2.24) is 19.6 Å². The van der Waals surface area contributed by atoms with Crippen LogP contribution in [-0.4, -0.2) is 32.1 Å². The van der Waals surface area contributed by atoms with Gasteiger partial charge in [0.25, 0.3) is 0 Å². The molecular formula is C27H41ClN6O. The van der Waals surface area contributed by atoms with E-state index in [0.717, 1.165) is 36.9 Å². The van der Waals surface area contributed by atoms with Crippen LogP contribution in [0.5, 0.6) is 0 Å². The van der Waals surface area contributed by atoms with E-state index in [1.807, 2.05) is 4.90 Å². The van der Waals surface area contributed by atoms with E-state index in [2.05, 4.69) is 47.1 Å². The minimum absolute atomic E-state index is 0. The number of likely N-dealkylation sites (tertiary alicyclic amines) is 1. The summed E-state index contributed by atoms with van der Waals surface area (Å²) in [5, 5.41) is 13.3. The minimum atomic E-state index is -0.0984. The molecule has 3 N–H and O–H groups in total. The van der Waals surface area contributed by atoms with Crippen LogP contribution in [0.15, 0.2) is 35.0 Å².